The summed E-state index contributed by atoms with van der Waals surface area (Å²) in [5.41, 5.74) is 0.354. The molecule has 0 bridgehead atoms. The Morgan fingerprint density at radius 1 is 1.11 bits per heavy atom. The van der Waals surface area contributed by atoms with Crippen LogP contribution < -0.4 is 5.32 Å². The molecule has 0 aromatic heterocycles. The molecule has 1 aromatic carbocycles. The zero-order valence-electron chi connectivity index (χ0n) is 10.9. The van der Waals surface area contributed by atoms with Crippen LogP contribution in [-0.4, -0.2) is 28.1 Å². The molecule has 3 N–H and O–H groups in total. The van der Waals surface area contributed by atoms with Crippen molar-refractivity contribution in [2.75, 3.05) is 5.32 Å². The summed E-state index contributed by atoms with van der Waals surface area (Å²) >= 11 is 0. The lowest BCUT2D eigenvalue weighted by molar-refractivity contribution is -0.147. The van der Waals surface area contributed by atoms with Gasteiger partial charge in [-0.15, -0.1) is 0 Å². The molecule has 0 saturated carbocycles. The quantitative estimate of drug-likeness (QED) is 0.706. The maximum Gasteiger partial charge on any atom is 0.394 e. The van der Waals surface area contributed by atoms with Crippen molar-refractivity contribution in [3.05, 3.63) is 29.3 Å². The normalized spacial score (nSPS) is 10.9. The Hall–Kier alpha value is -2.37. The Morgan fingerprint density at radius 2 is 1.68 bits per heavy atom. The monoisotopic (exact) mass is 265 g/mol. The average Bonchev–Trinajstić information content (AvgIpc) is 2.27. The molecule has 6 heteroatoms. The summed E-state index contributed by atoms with van der Waals surface area (Å²) in [5.74, 6) is -4.17. The molecule has 0 heterocycles. The van der Waals surface area contributed by atoms with Crippen LogP contribution >= 0.6 is 0 Å². The Kier molecular flexibility index (Phi) is 3.94. The molecule has 0 unspecified atom stereocenters. The molecule has 0 saturated heterocycles. The number of amides is 1. The number of aliphatic carboxylic acids is 1. The van der Waals surface area contributed by atoms with E-state index >= 15 is 0 Å². The zero-order valence-corrected chi connectivity index (χ0v) is 10.9. The van der Waals surface area contributed by atoms with E-state index in [1.165, 1.54) is 12.1 Å². The van der Waals surface area contributed by atoms with Crippen molar-refractivity contribution in [3.8, 4) is 0 Å². The molecule has 1 rings (SSSR count). The molecule has 0 aliphatic rings. The van der Waals surface area contributed by atoms with Crippen molar-refractivity contribution in [2.45, 2.75) is 26.2 Å². The lowest BCUT2D eigenvalue weighted by Crippen LogP contribution is -2.23. The third kappa shape index (κ3) is 3.54. The van der Waals surface area contributed by atoms with Crippen LogP contribution in [-0.2, 0) is 15.0 Å². The number of benzene rings is 1. The average molecular weight is 265 g/mol. The van der Waals surface area contributed by atoms with E-state index in [1.54, 1.807) is 6.07 Å². The zero-order chi connectivity index (χ0) is 14.8. The van der Waals surface area contributed by atoms with Gasteiger partial charge in [0.05, 0.1) is 11.3 Å². The van der Waals surface area contributed by atoms with Crippen LogP contribution in [0.15, 0.2) is 18.2 Å². The van der Waals surface area contributed by atoms with Crippen LogP contribution in [0.2, 0.25) is 0 Å². The molecule has 102 valence electrons. The topological polar surface area (TPSA) is 104 Å². The highest BCUT2D eigenvalue weighted by Crippen LogP contribution is 2.26. The fraction of sp³-hybridized carbons (Fsp3) is 0.308. The lowest BCUT2D eigenvalue weighted by Gasteiger charge is -2.20. The van der Waals surface area contributed by atoms with Crippen LogP contribution in [0, 0.1) is 0 Å². The number of carboxylic acid groups (broad SMARTS) is 2. The van der Waals surface area contributed by atoms with Crippen molar-refractivity contribution in [1.29, 1.82) is 0 Å². The highest BCUT2D eigenvalue weighted by molar-refractivity contribution is 6.36. The van der Waals surface area contributed by atoms with Gasteiger partial charge >= 0.3 is 17.8 Å². The summed E-state index contributed by atoms with van der Waals surface area (Å²) in [6.45, 7) is 5.76. The first kappa shape index (κ1) is 14.7. The second kappa shape index (κ2) is 5.09. The molecule has 0 aliphatic carbocycles. The highest BCUT2D eigenvalue weighted by atomic mass is 16.4. The number of carboxylic acids is 2. The van der Waals surface area contributed by atoms with Crippen LogP contribution in [0.5, 0.6) is 0 Å². The van der Waals surface area contributed by atoms with Crippen LogP contribution in [0.25, 0.3) is 0 Å². The molecule has 0 fully saturated rings. The third-order valence-corrected chi connectivity index (χ3v) is 2.56. The van der Waals surface area contributed by atoms with Gasteiger partial charge in [-0.05, 0) is 23.1 Å². The molecular weight excluding hydrogens is 250 g/mol. The second-order valence-electron chi connectivity index (χ2n) is 5.07. The summed E-state index contributed by atoms with van der Waals surface area (Å²) in [5, 5.41) is 19.7. The van der Waals surface area contributed by atoms with Crippen molar-refractivity contribution in [1.82, 2.24) is 0 Å². The van der Waals surface area contributed by atoms with Gasteiger partial charge in [-0.3, -0.25) is 4.79 Å². The number of anilines is 1. The van der Waals surface area contributed by atoms with Crippen LogP contribution in [0.4, 0.5) is 5.69 Å². The van der Waals surface area contributed by atoms with Gasteiger partial charge in [0.25, 0.3) is 0 Å². The number of hydrogen-bond donors (Lipinski definition) is 3. The number of rotatable bonds is 2. The highest BCUT2D eigenvalue weighted by Gasteiger charge is 2.20. The molecular formula is C13H15NO5. The third-order valence-electron chi connectivity index (χ3n) is 2.56. The largest absolute Gasteiger partial charge is 0.478 e. The number of carbonyl (C=O) groups is 3. The molecule has 0 aliphatic heterocycles. The molecule has 0 radical (unpaired) electrons. The molecule has 0 atom stereocenters. The minimum absolute atomic E-state index is 0.0344. The number of hydrogen-bond acceptors (Lipinski definition) is 3. The summed E-state index contributed by atoms with van der Waals surface area (Å²) in [7, 11) is 0. The summed E-state index contributed by atoms with van der Waals surface area (Å²) in [6.07, 6.45) is 0. The first-order valence-corrected chi connectivity index (χ1v) is 5.55. The van der Waals surface area contributed by atoms with E-state index in [1.807, 2.05) is 20.8 Å². The van der Waals surface area contributed by atoms with E-state index in [2.05, 4.69) is 5.32 Å². The van der Waals surface area contributed by atoms with Crippen LogP contribution in [0.1, 0.15) is 36.7 Å². The van der Waals surface area contributed by atoms with E-state index in [-0.39, 0.29) is 16.7 Å². The van der Waals surface area contributed by atoms with E-state index in [4.69, 9.17) is 10.2 Å². The van der Waals surface area contributed by atoms with Gasteiger partial charge in [0.1, 0.15) is 0 Å². The van der Waals surface area contributed by atoms with Gasteiger partial charge in [0, 0.05) is 0 Å². The minimum atomic E-state index is -1.67. The SMILES string of the molecule is CC(C)(C)c1ccc(NC(=O)C(=O)O)c(C(=O)O)c1. The Morgan fingerprint density at radius 3 is 2.11 bits per heavy atom. The van der Waals surface area contributed by atoms with E-state index in [0.29, 0.717) is 0 Å². The van der Waals surface area contributed by atoms with Gasteiger partial charge in [-0.2, -0.15) is 0 Å². The van der Waals surface area contributed by atoms with Crippen LogP contribution in [0.3, 0.4) is 0 Å². The van der Waals surface area contributed by atoms with E-state index < -0.39 is 17.8 Å². The Bertz CT molecular complexity index is 542. The molecule has 0 spiro atoms. The van der Waals surface area contributed by atoms with Crippen molar-refractivity contribution < 1.29 is 24.6 Å². The smallest absolute Gasteiger partial charge is 0.394 e. The molecule has 1 aromatic rings. The molecule has 6 nitrogen and oxygen atoms in total. The maximum atomic E-state index is 11.2. The summed E-state index contributed by atoms with van der Waals surface area (Å²) in [4.78, 5) is 32.7. The second-order valence-corrected chi connectivity index (χ2v) is 5.07. The summed E-state index contributed by atoms with van der Waals surface area (Å²) < 4.78 is 0. The summed E-state index contributed by atoms with van der Waals surface area (Å²) in [6, 6.07) is 4.48. The number of carbonyl (C=O) groups excluding carboxylic acids is 1. The lowest BCUT2D eigenvalue weighted by atomic mass is 9.86. The van der Waals surface area contributed by atoms with E-state index in [9.17, 15) is 14.4 Å². The van der Waals surface area contributed by atoms with E-state index in [0.717, 1.165) is 5.56 Å². The maximum absolute atomic E-state index is 11.2. The molecule has 1 amide bonds. The predicted octanol–water partition coefficient (Wildman–Crippen LogP) is 1.71. The Balaban J connectivity index is 3.23. The standard InChI is InChI=1S/C13H15NO5/c1-13(2,3)7-4-5-9(8(6-7)11(16)17)14-10(15)12(18)19/h4-6H,1-3H3,(H,14,15)(H,16,17)(H,18,19). The fourth-order valence-electron chi connectivity index (χ4n) is 1.47. The first-order valence-electron chi connectivity index (χ1n) is 5.55. The minimum Gasteiger partial charge on any atom is -0.478 e. The molecule has 19 heavy (non-hydrogen) atoms. The predicted molar refractivity (Wildman–Crippen MR) is 68.4 cm³/mol. The van der Waals surface area contributed by atoms with Gasteiger partial charge in [0.2, 0.25) is 0 Å². The van der Waals surface area contributed by atoms with Crippen molar-refractivity contribution in [2.24, 2.45) is 0 Å². The van der Waals surface area contributed by atoms with Gasteiger partial charge < -0.3 is 15.5 Å². The first-order chi connectivity index (χ1) is 8.62. The number of nitrogens with one attached hydrogen (secondary N) is 1. The van der Waals surface area contributed by atoms with Crippen molar-refractivity contribution >= 4 is 23.5 Å². The van der Waals surface area contributed by atoms with Gasteiger partial charge in [-0.1, -0.05) is 26.8 Å². The van der Waals surface area contributed by atoms with Gasteiger partial charge in [-0.25, -0.2) is 9.59 Å². The van der Waals surface area contributed by atoms with Crippen molar-refractivity contribution in [3.63, 3.8) is 0 Å². The van der Waals surface area contributed by atoms with Gasteiger partial charge in [0.15, 0.2) is 0 Å². The fourth-order valence-corrected chi connectivity index (χ4v) is 1.47. The number of aromatic carboxylic acids is 1. The Labute approximate surface area is 110 Å².